The summed E-state index contributed by atoms with van der Waals surface area (Å²) >= 11 is 2.03. The van der Waals surface area contributed by atoms with E-state index in [2.05, 4.69) is 33.2 Å². The molecule has 1 aromatic heterocycles. The van der Waals surface area contributed by atoms with Crippen LogP contribution in [0.2, 0.25) is 0 Å². The van der Waals surface area contributed by atoms with E-state index in [9.17, 15) is 0 Å². The molecule has 2 rings (SSSR count). The molecular formula is C12H20N4S. The zero-order valence-corrected chi connectivity index (χ0v) is 11.4. The molecule has 1 N–H and O–H groups in total. The number of thioether (sulfide) groups is 1. The fourth-order valence-corrected chi connectivity index (χ4v) is 2.85. The molecule has 0 radical (unpaired) electrons. The Hall–Kier alpha value is -0.970. The van der Waals surface area contributed by atoms with Crippen LogP contribution in [0.1, 0.15) is 19.2 Å². The Bertz CT molecular complexity index is 362. The largest absolute Gasteiger partial charge is 0.370 e. The molecule has 0 atom stereocenters. The fraction of sp³-hybridized carbons (Fsp3) is 0.667. The Morgan fingerprint density at radius 2 is 2.24 bits per heavy atom. The lowest BCUT2D eigenvalue weighted by atomic mass is 10.3. The quantitative estimate of drug-likeness (QED) is 0.893. The Labute approximate surface area is 107 Å². The zero-order chi connectivity index (χ0) is 12.1. The summed E-state index contributed by atoms with van der Waals surface area (Å²) in [5, 5.41) is 3.26. The van der Waals surface area contributed by atoms with Gasteiger partial charge in [-0.3, -0.25) is 0 Å². The Balaban J connectivity index is 2.17. The van der Waals surface area contributed by atoms with Crippen molar-refractivity contribution in [3.63, 3.8) is 0 Å². The van der Waals surface area contributed by atoms with Gasteiger partial charge in [-0.2, -0.15) is 11.8 Å². The molecule has 94 valence electrons. The highest BCUT2D eigenvalue weighted by Crippen LogP contribution is 2.19. The van der Waals surface area contributed by atoms with Gasteiger partial charge in [-0.05, 0) is 26.0 Å². The van der Waals surface area contributed by atoms with Crippen molar-refractivity contribution in [2.75, 3.05) is 41.4 Å². The summed E-state index contributed by atoms with van der Waals surface area (Å²) in [7, 11) is 0. The molecule has 5 heteroatoms. The molecule has 17 heavy (non-hydrogen) atoms. The molecule has 0 unspecified atom stereocenters. The van der Waals surface area contributed by atoms with E-state index < -0.39 is 0 Å². The molecule has 1 aromatic rings. The first-order valence-corrected chi connectivity index (χ1v) is 7.37. The van der Waals surface area contributed by atoms with Crippen molar-refractivity contribution in [3.8, 4) is 0 Å². The first kappa shape index (κ1) is 12.5. The number of aromatic nitrogens is 2. The summed E-state index contributed by atoms with van der Waals surface area (Å²) in [5.41, 5.74) is 0. The van der Waals surface area contributed by atoms with Crippen molar-refractivity contribution < 1.29 is 0 Å². The lowest BCUT2D eigenvalue weighted by Crippen LogP contribution is -2.27. The normalized spacial score (nSPS) is 16.7. The van der Waals surface area contributed by atoms with Crippen molar-refractivity contribution in [3.05, 3.63) is 11.9 Å². The second-order valence-corrected chi connectivity index (χ2v) is 5.37. The molecule has 4 nitrogen and oxygen atoms in total. The number of hydrogen-bond acceptors (Lipinski definition) is 5. The van der Waals surface area contributed by atoms with Crippen LogP contribution in [0, 0.1) is 6.92 Å². The van der Waals surface area contributed by atoms with Crippen molar-refractivity contribution >= 4 is 23.4 Å². The smallest absolute Gasteiger partial charge is 0.134 e. The van der Waals surface area contributed by atoms with Gasteiger partial charge in [0.15, 0.2) is 0 Å². The van der Waals surface area contributed by atoms with Gasteiger partial charge in [-0.1, -0.05) is 0 Å². The van der Waals surface area contributed by atoms with Gasteiger partial charge in [0.2, 0.25) is 0 Å². The van der Waals surface area contributed by atoms with E-state index in [1.807, 2.05) is 18.7 Å². The van der Waals surface area contributed by atoms with Gasteiger partial charge in [0.1, 0.15) is 17.5 Å². The first-order chi connectivity index (χ1) is 8.29. The van der Waals surface area contributed by atoms with Crippen LogP contribution in [0.15, 0.2) is 6.07 Å². The Morgan fingerprint density at radius 1 is 1.35 bits per heavy atom. The predicted octanol–water partition coefficient (Wildman–Crippen LogP) is 2.16. The van der Waals surface area contributed by atoms with Crippen LogP contribution < -0.4 is 10.2 Å². The third kappa shape index (κ3) is 3.49. The number of nitrogens with zero attached hydrogens (tertiary/aromatic N) is 3. The molecule has 1 aliphatic heterocycles. The number of hydrogen-bond donors (Lipinski definition) is 1. The monoisotopic (exact) mass is 252 g/mol. The SMILES string of the molecule is CCNc1cc(N2CCCSCC2)nc(C)n1. The van der Waals surface area contributed by atoms with Gasteiger partial charge in [0, 0.05) is 31.5 Å². The standard InChI is InChI=1S/C12H20N4S/c1-3-13-11-9-12(15-10(2)14-11)16-5-4-7-17-8-6-16/h9H,3-8H2,1-2H3,(H,13,14,15). The van der Waals surface area contributed by atoms with Crippen molar-refractivity contribution in [2.24, 2.45) is 0 Å². The summed E-state index contributed by atoms with van der Waals surface area (Å²) in [4.78, 5) is 11.3. The van der Waals surface area contributed by atoms with E-state index in [0.717, 1.165) is 37.1 Å². The first-order valence-electron chi connectivity index (χ1n) is 6.22. The number of aryl methyl sites for hydroxylation is 1. The summed E-state index contributed by atoms with van der Waals surface area (Å²) in [6.45, 7) is 7.13. The van der Waals surface area contributed by atoms with Gasteiger partial charge in [0.05, 0.1) is 0 Å². The summed E-state index contributed by atoms with van der Waals surface area (Å²) in [5.74, 6) is 5.30. The summed E-state index contributed by atoms with van der Waals surface area (Å²) in [6, 6.07) is 2.06. The van der Waals surface area contributed by atoms with Gasteiger partial charge in [-0.15, -0.1) is 0 Å². The molecule has 1 fully saturated rings. The van der Waals surface area contributed by atoms with Gasteiger partial charge < -0.3 is 10.2 Å². The van der Waals surface area contributed by atoms with Crippen LogP contribution in [-0.2, 0) is 0 Å². The van der Waals surface area contributed by atoms with E-state index in [4.69, 9.17) is 0 Å². The molecule has 0 spiro atoms. The van der Waals surface area contributed by atoms with E-state index in [-0.39, 0.29) is 0 Å². The van der Waals surface area contributed by atoms with Crippen LogP contribution in [0.5, 0.6) is 0 Å². The lowest BCUT2D eigenvalue weighted by Gasteiger charge is -2.21. The number of anilines is 2. The number of rotatable bonds is 3. The van der Waals surface area contributed by atoms with E-state index in [1.165, 1.54) is 17.9 Å². The van der Waals surface area contributed by atoms with Crippen molar-refractivity contribution in [1.29, 1.82) is 0 Å². The second kappa shape index (κ2) is 6.10. The zero-order valence-electron chi connectivity index (χ0n) is 10.6. The molecule has 1 saturated heterocycles. The van der Waals surface area contributed by atoms with Gasteiger partial charge >= 0.3 is 0 Å². The molecule has 2 heterocycles. The third-order valence-corrected chi connectivity index (χ3v) is 3.78. The van der Waals surface area contributed by atoms with Crippen LogP contribution in [-0.4, -0.2) is 41.1 Å². The van der Waals surface area contributed by atoms with E-state index in [1.54, 1.807) is 0 Å². The predicted molar refractivity (Wildman–Crippen MR) is 75.1 cm³/mol. The minimum Gasteiger partial charge on any atom is -0.370 e. The maximum absolute atomic E-state index is 4.55. The van der Waals surface area contributed by atoms with Gasteiger partial charge in [-0.25, -0.2) is 9.97 Å². The maximum Gasteiger partial charge on any atom is 0.134 e. The molecular weight excluding hydrogens is 232 g/mol. The highest BCUT2D eigenvalue weighted by molar-refractivity contribution is 7.99. The second-order valence-electron chi connectivity index (χ2n) is 4.14. The van der Waals surface area contributed by atoms with Crippen molar-refractivity contribution in [1.82, 2.24) is 9.97 Å². The van der Waals surface area contributed by atoms with E-state index >= 15 is 0 Å². The molecule has 0 bridgehead atoms. The lowest BCUT2D eigenvalue weighted by molar-refractivity contribution is 0.794. The van der Waals surface area contributed by atoms with Crippen LogP contribution in [0.3, 0.4) is 0 Å². The fourth-order valence-electron chi connectivity index (χ4n) is 1.96. The molecule has 1 aliphatic rings. The maximum atomic E-state index is 4.55. The summed E-state index contributed by atoms with van der Waals surface area (Å²) in [6.07, 6.45) is 1.24. The van der Waals surface area contributed by atoms with Crippen LogP contribution in [0.4, 0.5) is 11.6 Å². The van der Waals surface area contributed by atoms with E-state index in [0.29, 0.717) is 0 Å². The van der Waals surface area contributed by atoms with Crippen LogP contribution in [0.25, 0.3) is 0 Å². The highest BCUT2D eigenvalue weighted by Gasteiger charge is 2.12. The average molecular weight is 252 g/mol. The molecule has 0 aliphatic carbocycles. The molecule has 0 saturated carbocycles. The number of nitrogens with one attached hydrogen (secondary N) is 1. The Morgan fingerprint density at radius 3 is 3.06 bits per heavy atom. The minimum absolute atomic E-state index is 0.843. The average Bonchev–Trinajstić information content (AvgIpc) is 2.57. The highest BCUT2D eigenvalue weighted by atomic mass is 32.2. The Kier molecular flexibility index (Phi) is 4.48. The van der Waals surface area contributed by atoms with Crippen LogP contribution >= 0.6 is 11.8 Å². The van der Waals surface area contributed by atoms with Crippen molar-refractivity contribution in [2.45, 2.75) is 20.3 Å². The third-order valence-electron chi connectivity index (χ3n) is 2.73. The minimum atomic E-state index is 0.843. The van der Waals surface area contributed by atoms with Gasteiger partial charge in [0.25, 0.3) is 0 Å². The summed E-state index contributed by atoms with van der Waals surface area (Å²) < 4.78 is 0. The molecule has 0 aromatic carbocycles. The molecule has 0 amide bonds. The topological polar surface area (TPSA) is 41.0 Å².